The van der Waals surface area contributed by atoms with Gasteiger partial charge in [-0.3, -0.25) is 9.69 Å². The smallest absolute Gasteiger partial charge is 0.276 e. The van der Waals surface area contributed by atoms with Gasteiger partial charge in [0.2, 0.25) is 0 Å². The molecule has 2 aromatic rings. The van der Waals surface area contributed by atoms with Gasteiger partial charge in [0.1, 0.15) is 17.2 Å². The highest BCUT2D eigenvalue weighted by Crippen LogP contribution is 2.17. The normalized spacial score (nSPS) is 17.4. The largest absolute Gasteiger partial charge is 0.467 e. The molecule has 0 saturated carbocycles. The second-order valence-electron chi connectivity index (χ2n) is 4.86. The minimum Gasteiger partial charge on any atom is -0.467 e. The number of hydrogen-bond acceptors (Lipinski definition) is 4. The van der Waals surface area contributed by atoms with E-state index in [-0.39, 0.29) is 5.91 Å². The first kappa shape index (κ1) is 14.3. The Labute approximate surface area is 132 Å². The van der Waals surface area contributed by atoms with Crippen LogP contribution >= 0.6 is 12.2 Å². The first-order valence-electron chi connectivity index (χ1n) is 6.72. The number of rotatable bonds is 4. The number of allylic oxidation sites excluding steroid dienone is 2. The van der Waals surface area contributed by atoms with Gasteiger partial charge in [0.25, 0.3) is 5.91 Å². The maximum Gasteiger partial charge on any atom is 0.276 e. The van der Waals surface area contributed by atoms with Crippen LogP contribution in [0.15, 0.2) is 63.0 Å². The molecule has 3 rings (SSSR count). The zero-order chi connectivity index (χ0) is 15.5. The Morgan fingerprint density at radius 1 is 1.32 bits per heavy atom. The second kappa shape index (κ2) is 6.03. The molecular weight excluding hydrogens is 300 g/mol. The fraction of sp³-hybridized carbons (Fsp3) is 0.125. The highest BCUT2D eigenvalue weighted by molar-refractivity contribution is 7.80. The molecule has 1 amide bonds. The first-order chi connectivity index (χ1) is 10.6. The van der Waals surface area contributed by atoms with Gasteiger partial charge in [-0.05, 0) is 61.1 Å². The van der Waals surface area contributed by atoms with Crippen molar-refractivity contribution in [2.24, 2.45) is 0 Å². The zero-order valence-electron chi connectivity index (χ0n) is 11.9. The molecule has 0 spiro atoms. The van der Waals surface area contributed by atoms with E-state index in [0.29, 0.717) is 23.1 Å². The SMILES string of the molecule is CC(=C\c1ccco1)/C=C1/NC(=S)N(Cc2ccco2)C1=O. The number of thiocarbonyl (C=S) groups is 1. The van der Waals surface area contributed by atoms with Crippen LogP contribution in [-0.2, 0) is 11.3 Å². The zero-order valence-corrected chi connectivity index (χ0v) is 12.7. The van der Waals surface area contributed by atoms with Crippen LogP contribution in [0.3, 0.4) is 0 Å². The molecule has 1 saturated heterocycles. The first-order valence-corrected chi connectivity index (χ1v) is 7.13. The van der Waals surface area contributed by atoms with Crippen molar-refractivity contribution in [3.05, 3.63) is 65.7 Å². The molecule has 0 radical (unpaired) electrons. The van der Waals surface area contributed by atoms with E-state index in [4.69, 9.17) is 21.1 Å². The van der Waals surface area contributed by atoms with Gasteiger partial charge in [0.15, 0.2) is 5.11 Å². The average molecular weight is 314 g/mol. The van der Waals surface area contributed by atoms with Crippen LogP contribution in [0.25, 0.3) is 6.08 Å². The summed E-state index contributed by atoms with van der Waals surface area (Å²) in [6.45, 7) is 2.21. The predicted octanol–water partition coefficient (Wildman–Crippen LogP) is 3.08. The molecule has 2 aromatic heterocycles. The molecule has 0 bridgehead atoms. The summed E-state index contributed by atoms with van der Waals surface area (Å²) in [5, 5.41) is 3.31. The second-order valence-corrected chi connectivity index (χ2v) is 5.25. The van der Waals surface area contributed by atoms with E-state index in [1.165, 1.54) is 4.90 Å². The summed E-state index contributed by atoms with van der Waals surface area (Å²) in [6.07, 6.45) is 6.77. The van der Waals surface area contributed by atoms with Crippen molar-refractivity contribution in [2.45, 2.75) is 13.5 Å². The van der Waals surface area contributed by atoms with Crippen molar-refractivity contribution in [1.29, 1.82) is 0 Å². The fourth-order valence-electron chi connectivity index (χ4n) is 2.14. The van der Waals surface area contributed by atoms with Crippen LogP contribution in [0, 0.1) is 0 Å². The van der Waals surface area contributed by atoms with Crippen molar-refractivity contribution in [2.75, 3.05) is 0 Å². The molecule has 1 fully saturated rings. The van der Waals surface area contributed by atoms with Crippen LogP contribution < -0.4 is 5.32 Å². The Balaban J connectivity index is 1.77. The standard InChI is InChI=1S/C16H14N2O3S/c1-11(8-12-4-2-6-20-12)9-14-15(19)18(16(22)17-14)10-13-5-3-7-21-13/h2-9H,10H2,1H3,(H,17,22)/b11-8+,14-9+. The summed E-state index contributed by atoms with van der Waals surface area (Å²) in [5.41, 5.74) is 1.32. The van der Waals surface area contributed by atoms with E-state index in [1.54, 1.807) is 30.7 Å². The molecule has 5 nitrogen and oxygen atoms in total. The third-order valence-corrected chi connectivity index (χ3v) is 3.46. The molecule has 3 heterocycles. The fourth-order valence-corrected chi connectivity index (χ4v) is 2.40. The molecule has 1 N–H and O–H groups in total. The van der Waals surface area contributed by atoms with Crippen LogP contribution in [0.2, 0.25) is 0 Å². The minimum atomic E-state index is -0.173. The lowest BCUT2D eigenvalue weighted by Gasteiger charge is -2.11. The summed E-state index contributed by atoms with van der Waals surface area (Å²) in [6, 6.07) is 7.24. The average Bonchev–Trinajstić information content (AvgIpc) is 3.19. The van der Waals surface area contributed by atoms with Crippen molar-refractivity contribution in [3.63, 3.8) is 0 Å². The van der Waals surface area contributed by atoms with E-state index in [9.17, 15) is 4.79 Å². The van der Waals surface area contributed by atoms with Crippen LogP contribution in [0.1, 0.15) is 18.4 Å². The summed E-state index contributed by atoms with van der Waals surface area (Å²) in [4.78, 5) is 13.9. The molecule has 6 heteroatoms. The minimum absolute atomic E-state index is 0.173. The Kier molecular flexibility index (Phi) is 3.93. The number of amides is 1. The molecule has 0 atom stereocenters. The lowest BCUT2D eigenvalue weighted by molar-refractivity contribution is -0.123. The van der Waals surface area contributed by atoms with Crippen molar-refractivity contribution in [1.82, 2.24) is 10.2 Å². The van der Waals surface area contributed by atoms with Crippen molar-refractivity contribution < 1.29 is 13.6 Å². The van der Waals surface area contributed by atoms with Gasteiger partial charge < -0.3 is 14.2 Å². The monoisotopic (exact) mass is 314 g/mol. The van der Waals surface area contributed by atoms with Crippen molar-refractivity contribution in [3.8, 4) is 0 Å². The van der Waals surface area contributed by atoms with E-state index in [0.717, 1.165) is 11.3 Å². The molecule has 22 heavy (non-hydrogen) atoms. The molecule has 0 aliphatic carbocycles. The number of carbonyl (C=O) groups excluding carboxylic acids is 1. The summed E-state index contributed by atoms with van der Waals surface area (Å²) >= 11 is 5.21. The van der Waals surface area contributed by atoms with Crippen LogP contribution in [-0.4, -0.2) is 15.9 Å². The summed E-state index contributed by atoms with van der Waals surface area (Å²) in [5.74, 6) is 1.24. The van der Waals surface area contributed by atoms with Crippen LogP contribution in [0.4, 0.5) is 0 Å². The lowest BCUT2D eigenvalue weighted by atomic mass is 10.2. The van der Waals surface area contributed by atoms with Gasteiger partial charge in [-0.1, -0.05) is 0 Å². The Morgan fingerprint density at radius 2 is 2.09 bits per heavy atom. The molecule has 0 aromatic carbocycles. The van der Waals surface area contributed by atoms with Gasteiger partial charge in [-0.25, -0.2) is 0 Å². The van der Waals surface area contributed by atoms with Gasteiger partial charge in [-0.2, -0.15) is 0 Å². The van der Waals surface area contributed by atoms with E-state index in [2.05, 4.69) is 5.32 Å². The van der Waals surface area contributed by atoms with Crippen molar-refractivity contribution >= 4 is 29.3 Å². The number of nitrogens with zero attached hydrogens (tertiary/aromatic N) is 1. The molecule has 1 aliphatic rings. The molecular formula is C16H14N2O3S. The topological polar surface area (TPSA) is 58.6 Å². The highest BCUT2D eigenvalue weighted by Gasteiger charge is 2.31. The van der Waals surface area contributed by atoms with Gasteiger partial charge in [0, 0.05) is 0 Å². The maximum absolute atomic E-state index is 12.4. The Morgan fingerprint density at radius 3 is 2.77 bits per heavy atom. The molecule has 112 valence electrons. The van der Waals surface area contributed by atoms with Crippen LogP contribution in [0.5, 0.6) is 0 Å². The maximum atomic E-state index is 12.4. The van der Waals surface area contributed by atoms with Gasteiger partial charge in [-0.15, -0.1) is 0 Å². The van der Waals surface area contributed by atoms with E-state index in [1.807, 2.05) is 25.1 Å². The number of carbonyl (C=O) groups is 1. The number of nitrogens with one attached hydrogen (secondary N) is 1. The summed E-state index contributed by atoms with van der Waals surface area (Å²) < 4.78 is 10.5. The third-order valence-electron chi connectivity index (χ3n) is 3.14. The van der Waals surface area contributed by atoms with E-state index >= 15 is 0 Å². The van der Waals surface area contributed by atoms with Gasteiger partial charge >= 0.3 is 0 Å². The van der Waals surface area contributed by atoms with Gasteiger partial charge in [0.05, 0.1) is 19.1 Å². The predicted molar refractivity (Wildman–Crippen MR) is 85.4 cm³/mol. The molecule has 0 unspecified atom stereocenters. The quantitative estimate of drug-likeness (QED) is 0.694. The van der Waals surface area contributed by atoms with E-state index < -0.39 is 0 Å². The third kappa shape index (κ3) is 3.01. The highest BCUT2D eigenvalue weighted by atomic mass is 32.1. The number of furan rings is 2. The summed E-state index contributed by atoms with van der Waals surface area (Å²) in [7, 11) is 0. The lowest BCUT2D eigenvalue weighted by Crippen LogP contribution is -2.29. The molecule has 1 aliphatic heterocycles. The number of hydrogen-bond donors (Lipinski definition) is 1. The Hall–Kier alpha value is -2.60. The Bertz CT molecular complexity index is 742.